The third kappa shape index (κ3) is 2.87. The van der Waals surface area contributed by atoms with Crippen molar-refractivity contribution in [1.29, 1.82) is 0 Å². The summed E-state index contributed by atoms with van der Waals surface area (Å²) in [6.07, 6.45) is 6.30. The molecule has 1 aliphatic carbocycles. The van der Waals surface area contributed by atoms with Crippen LogP contribution < -0.4 is 4.90 Å². The van der Waals surface area contributed by atoms with Crippen molar-refractivity contribution >= 4 is 28.9 Å². The van der Waals surface area contributed by atoms with Crippen molar-refractivity contribution in [2.24, 2.45) is 0 Å². The lowest BCUT2D eigenvalue weighted by molar-refractivity contribution is 0.682. The lowest BCUT2D eigenvalue weighted by atomic mass is 9.92. The van der Waals surface area contributed by atoms with Crippen LogP contribution in [0.3, 0.4) is 0 Å². The molecule has 0 bridgehead atoms. The number of hydrogen-bond donors (Lipinski definition) is 0. The van der Waals surface area contributed by atoms with Crippen molar-refractivity contribution in [3.8, 4) is 0 Å². The third-order valence-corrected chi connectivity index (χ3v) is 4.58. The summed E-state index contributed by atoms with van der Waals surface area (Å²) in [4.78, 5) is 11.4. The molecule has 0 radical (unpaired) electrons. The maximum Gasteiger partial charge on any atom is 0.144 e. The molecule has 3 aromatic rings. The fourth-order valence-corrected chi connectivity index (χ4v) is 3.51. The van der Waals surface area contributed by atoms with Crippen LogP contribution in [0.4, 0.5) is 17.3 Å². The van der Waals surface area contributed by atoms with Gasteiger partial charge in [0.1, 0.15) is 16.8 Å². The second-order valence-electron chi connectivity index (χ2n) is 5.97. The zero-order chi connectivity index (χ0) is 16.4. The first-order chi connectivity index (χ1) is 11.8. The summed E-state index contributed by atoms with van der Waals surface area (Å²) in [6.45, 7) is 0. The van der Waals surface area contributed by atoms with E-state index >= 15 is 0 Å². The second kappa shape index (κ2) is 6.62. The highest BCUT2D eigenvalue weighted by molar-refractivity contribution is 6.29. The van der Waals surface area contributed by atoms with Gasteiger partial charge in [0.15, 0.2) is 0 Å². The molecule has 2 aromatic heterocycles. The highest BCUT2D eigenvalue weighted by Crippen LogP contribution is 2.38. The Labute approximate surface area is 147 Å². The van der Waals surface area contributed by atoms with Gasteiger partial charge in [-0.25, -0.2) is 9.97 Å². The van der Waals surface area contributed by atoms with Gasteiger partial charge in [-0.3, -0.25) is 4.90 Å². The Hall–Kier alpha value is -2.39. The molecule has 0 amide bonds. The molecule has 0 fully saturated rings. The van der Waals surface area contributed by atoms with Crippen molar-refractivity contribution in [3.05, 3.63) is 77.1 Å². The fourth-order valence-electron chi connectivity index (χ4n) is 3.30. The second-order valence-corrected chi connectivity index (χ2v) is 6.36. The Balaban J connectivity index is 1.93. The van der Waals surface area contributed by atoms with Crippen LogP contribution in [0.25, 0.3) is 0 Å². The van der Waals surface area contributed by atoms with E-state index < -0.39 is 0 Å². The first kappa shape index (κ1) is 15.2. The lowest BCUT2D eigenvalue weighted by Crippen LogP contribution is -2.18. The van der Waals surface area contributed by atoms with Crippen molar-refractivity contribution in [2.45, 2.75) is 25.7 Å². The molecule has 0 aliphatic heterocycles. The molecule has 0 N–H and O–H groups in total. The molecular formula is C20H18ClN3. The molecule has 4 rings (SSSR count). The van der Waals surface area contributed by atoms with Crippen LogP contribution in [0.5, 0.6) is 0 Å². The zero-order valence-electron chi connectivity index (χ0n) is 13.3. The predicted molar refractivity (Wildman–Crippen MR) is 98.4 cm³/mol. The zero-order valence-corrected chi connectivity index (χ0v) is 14.1. The molecule has 1 aromatic carbocycles. The van der Waals surface area contributed by atoms with Crippen molar-refractivity contribution in [2.75, 3.05) is 4.90 Å². The number of nitrogens with zero attached hydrogens (tertiary/aromatic N) is 3. The van der Waals surface area contributed by atoms with E-state index in [0.717, 1.165) is 30.2 Å². The molecule has 1 aliphatic rings. The minimum atomic E-state index is 0.544. The average molecular weight is 336 g/mol. The van der Waals surface area contributed by atoms with E-state index in [-0.39, 0.29) is 0 Å². The van der Waals surface area contributed by atoms with Gasteiger partial charge in [-0.2, -0.15) is 0 Å². The number of rotatable bonds is 3. The van der Waals surface area contributed by atoms with Gasteiger partial charge in [0.25, 0.3) is 0 Å². The lowest BCUT2D eigenvalue weighted by Gasteiger charge is -2.28. The summed E-state index contributed by atoms with van der Waals surface area (Å²) in [5.41, 5.74) is 3.65. The topological polar surface area (TPSA) is 29.0 Å². The molecule has 0 unspecified atom stereocenters. The van der Waals surface area contributed by atoms with Crippen LogP contribution in [0.2, 0.25) is 5.15 Å². The summed E-state index contributed by atoms with van der Waals surface area (Å²) in [5, 5.41) is 0.544. The molecule has 3 nitrogen and oxygen atoms in total. The van der Waals surface area contributed by atoms with E-state index in [1.807, 2.05) is 48.7 Å². The molecule has 0 saturated heterocycles. The van der Waals surface area contributed by atoms with E-state index in [9.17, 15) is 0 Å². The van der Waals surface area contributed by atoms with E-state index in [1.165, 1.54) is 24.0 Å². The van der Waals surface area contributed by atoms with Crippen molar-refractivity contribution < 1.29 is 0 Å². The summed E-state index contributed by atoms with van der Waals surface area (Å²) in [5.74, 6) is 1.76. The van der Waals surface area contributed by atoms with Gasteiger partial charge in [0.2, 0.25) is 0 Å². The molecular weight excluding hydrogens is 318 g/mol. The van der Waals surface area contributed by atoms with Gasteiger partial charge in [0.05, 0.1) is 0 Å². The number of benzene rings is 1. The van der Waals surface area contributed by atoms with Crippen LogP contribution in [0.1, 0.15) is 24.0 Å². The Morgan fingerprint density at radius 1 is 0.917 bits per heavy atom. The maximum absolute atomic E-state index is 6.34. The first-order valence-electron chi connectivity index (χ1n) is 8.27. The largest absolute Gasteiger partial charge is 0.279 e. The quantitative estimate of drug-likeness (QED) is 0.593. The number of halogens is 1. The van der Waals surface area contributed by atoms with Crippen LogP contribution in [-0.2, 0) is 12.8 Å². The first-order valence-corrected chi connectivity index (χ1v) is 8.65. The molecule has 2 heterocycles. The summed E-state index contributed by atoms with van der Waals surface area (Å²) < 4.78 is 0. The normalized spacial score (nSPS) is 13.4. The Kier molecular flexibility index (Phi) is 4.18. The Morgan fingerprint density at radius 3 is 2.50 bits per heavy atom. The molecule has 120 valence electrons. The van der Waals surface area contributed by atoms with Gasteiger partial charge in [-0.15, -0.1) is 0 Å². The van der Waals surface area contributed by atoms with Gasteiger partial charge in [-0.05, 0) is 67.1 Å². The number of aryl methyl sites for hydroxylation is 1. The average Bonchev–Trinajstić information content (AvgIpc) is 2.63. The maximum atomic E-state index is 6.34. The van der Waals surface area contributed by atoms with Gasteiger partial charge in [0, 0.05) is 11.9 Å². The SMILES string of the molecule is Clc1cc2c(c(N(c3ccccc3)c3ccccn3)n1)CCCC2. The Bertz CT molecular complexity index is 795. The van der Waals surface area contributed by atoms with Crippen molar-refractivity contribution in [3.63, 3.8) is 0 Å². The van der Waals surface area contributed by atoms with Crippen LogP contribution in [0.15, 0.2) is 60.8 Å². The monoisotopic (exact) mass is 335 g/mol. The number of para-hydroxylation sites is 1. The van der Waals surface area contributed by atoms with Gasteiger partial charge in [-0.1, -0.05) is 35.9 Å². The summed E-state index contributed by atoms with van der Waals surface area (Å²) in [7, 11) is 0. The third-order valence-electron chi connectivity index (χ3n) is 4.39. The van der Waals surface area contributed by atoms with Crippen LogP contribution in [-0.4, -0.2) is 9.97 Å². The number of anilines is 3. The number of fused-ring (bicyclic) bond motifs is 1. The summed E-state index contributed by atoms with van der Waals surface area (Å²) >= 11 is 6.34. The van der Waals surface area contributed by atoms with Gasteiger partial charge < -0.3 is 0 Å². The number of hydrogen-bond acceptors (Lipinski definition) is 3. The molecule has 0 spiro atoms. The summed E-state index contributed by atoms with van der Waals surface area (Å²) in [6, 6.07) is 18.2. The minimum absolute atomic E-state index is 0.544. The number of aromatic nitrogens is 2. The minimum Gasteiger partial charge on any atom is -0.279 e. The van der Waals surface area contributed by atoms with E-state index in [1.54, 1.807) is 0 Å². The molecule has 0 atom stereocenters. The Morgan fingerprint density at radius 2 is 1.71 bits per heavy atom. The predicted octanol–water partition coefficient (Wildman–Crippen LogP) is 5.48. The van der Waals surface area contributed by atoms with Crippen LogP contribution in [0, 0.1) is 0 Å². The molecule has 4 heteroatoms. The highest BCUT2D eigenvalue weighted by atomic mass is 35.5. The van der Waals surface area contributed by atoms with E-state index in [2.05, 4.69) is 22.0 Å². The van der Waals surface area contributed by atoms with E-state index in [4.69, 9.17) is 16.6 Å². The van der Waals surface area contributed by atoms with Crippen molar-refractivity contribution in [1.82, 2.24) is 9.97 Å². The molecule has 0 saturated carbocycles. The van der Waals surface area contributed by atoms with Crippen LogP contribution >= 0.6 is 11.6 Å². The van der Waals surface area contributed by atoms with E-state index in [0.29, 0.717) is 5.15 Å². The standard InChI is InChI=1S/C20H18ClN3/c21-18-14-15-8-4-5-11-17(15)20(23-18)24(16-9-2-1-3-10-16)19-12-6-7-13-22-19/h1-3,6-7,9-10,12-14H,4-5,8,11H2. The smallest absolute Gasteiger partial charge is 0.144 e. The number of pyridine rings is 2. The van der Waals surface area contributed by atoms with Gasteiger partial charge >= 0.3 is 0 Å². The fraction of sp³-hybridized carbons (Fsp3) is 0.200. The highest BCUT2D eigenvalue weighted by Gasteiger charge is 2.23. The molecule has 24 heavy (non-hydrogen) atoms.